The maximum Gasteiger partial charge on any atom is 0.408 e. The number of hydrogen-bond acceptors (Lipinski definition) is 5. The molecule has 0 aliphatic heterocycles. The number of alkyl carbamates (subject to hydrolysis) is 1. The summed E-state index contributed by atoms with van der Waals surface area (Å²) in [5.41, 5.74) is 0.793. The molecule has 8 heteroatoms. The van der Waals surface area contributed by atoms with Crippen LogP contribution in [-0.4, -0.2) is 45.8 Å². The van der Waals surface area contributed by atoms with Crippen LogP contribution in [0.3, 0.4) is 0 Å². The molecule has 1 rings (SSSR count). The van der Waals surface area contributed by atoms with Crippen LogP contribution in [0.1, 0.15) is 12.0 Å². The Morgan fingerprint density at radius 2 is 1.86 bits per heavy atom. The maximum absolute atomic E-state index is 11.6. The first-order chi connectivity index (χ1) is 10.5. The van der Waals surface area contributed by atoms with Crippen LogP contribution in [0.15, 0.2) is 30.3 Å². The van der Waals surface area contributed by atoms with Gasteiger partial charge in [-0.2, -0.15) is 11.8 Å². The lowest BCUT2D eigenvalue weighted by Crippen LogP contribution is -2.41. The largest absolute Gasteiger partial charge is 0.481 e. The molecule has 0 fully saturated rings. The molecule has 120 valence electrons. The van der Waals surface area contributed by atoms with Crippen LogP contribution in [0.5, 0.6) is 0 Å². The number of carboxylic acid groups (broad SMARTS) is 2. The molecule has 1 unspecified atom stereocenters. The van der Waals surface area contributed by atoms with Gasteiger partial charge in [0, 0.05) is 0 Å². The minimum absolute atomic E-state index is 0.0484. The molecule has 1 aromatic rings. The van der Waals surface area contributed by atoms with Gasteiger partial charge >= 0.3 is 18.0 Å². The molecule has 0 aliphatic rings. The second kappa shape index (κ2) is 9.67. The standard InChI is InChI=1S/C14H17NO6S/c16-12(17)9-22-7-6-11(13(18)19)15-14(20)21-8-10-4-2-1-3-5-10/h1-5,11H,6-9H2,(H,15,20)(H,16,17)(H,18,19). The highest BCUT2D eigenvalue weighted by molar-refractivity contribution is 7.99. The number of thioether (sulfide) groups is 1. The Morgan fingerprint density at radius 3 is 2.45 bits per heavy atom. The first kappa shape index (κ1) is 17.8. The lowest BCUT2D eigenvalue weighted by Gasteiger charge is -2.14. The second-order valence-corrected chi connectivity index (χ2v) is 5.44. The Balaban J connectivity index is 2.34. The molecule has 3 N–H and O–H groups in total. The van der Waals surface area contributed by atoms with E-state index in [4.69, 9.17) is 14.9 Å². The van der Waals surface area contributed by atoms with Gasteiger partial charge in [-0.25, -0.2) is 9.59 Å². The van der Waals surface area contributed by atoms with Gasteiger partial charge in [0.05, 0.1) is 5.75 Å². The zero-order valence-corrected chi connectivity index (χ0v) is 12.5. The molecule has 0 heterocycles. The summed E-state index contributed by atoms with van der Waals surface area (Å²) in [5.74, 6) is -1.95. The summed E-state index contributed by atoms with van der Waals surface area (Å²) in [6.45, 7) is 0.0484. The van der Waals surface area contributed by atoms with Crippen LogP contribution in [-0.2, 0) is 20.9 Å². The number of carbonyl (C=O) groups is 3. The van der Waals surface area contributed by atoms with Gasteiger partial charge in [0.15, 0.2) is 0 Å². The fourth-order valence-corrected chi connectivity index (χ4v) is 2.25. The maximum atomic E-state index is 11.6. The Hall–Kier alpha value is -2.22. The van der Waals surface area contributed by atoms with E-state index in [1.807, 2.05) is 6.07 Å². The van der Waals surface area contributed by atoms with Crippen molar-refractivity contribution in [3.05, 3.63) is 35.9 Å². The average molecular weight is 327 g/mol. The van der Waals surface area contributed by atoms with Crippen LogP contribution >= 0.6 is 11.8 Å². The zero-order valence-electron chi connectivity index (χ0n) is 11.7. The number of amides is 1. The van der Waals surface area contributed by atoms with E-state index < -0.39 is 24.1 Å². The highest BCUT2D eigenvalue weighted by Gasteiger charge is 2.20. The van der Waals surface area contributed by atoms with Crippen molar-refractivity contribution in [2.75, 3.05) is 11.5 Å². The molecule has 0 radical (unpaired) electrons. The number of nitrogens with one attached hydrogen (secondary N) is 1. The summed E-state index contributed by atoms with van der Waals surface area (Å²) in [6.07, 6.45) is -0.701. The van der Waals surface area contributed by atoms with Gasteiger partial charge in [-0.3, -0.25) is 4.79 Å². The molecule has 0 spiro atoms. The summed E-state index contributed by atoms with van der Waals surface area (Å²) in [5, 5.41) is 19.8. The average Bonchev–Trinajstić information content (AvgIpc) is 2.48. The van der Waals surface area contributed by atoms with Crippen LogP contribution in [0.25, 0.3) is 0 Å². The third-order valence-corrected chi connectivity index (χ3v) is 3.55. The summed E-state index contributed by atoms with van der Waals surface area (Å²) in [7, 11) is 0. The van der Waals surface area contributed by atoms with Crippen LogP contribution in [0.4, 0.5) is 4.79 Å². The van der Waals surface area contributed by atoms with Crippen molar-refractivity contribution < 1.29 is 29.3 Å². The molecule has 0 bridgehead atoms. The van der Waals surface area contributed by atoms with Gasteiger partial charge in [0.25, 0.3) is 0 Å². The molecule has 0 saturated carbocycles. The SMILES string of the molecule is O=C(O)CSCCC(NC(=O)OCc1ccccc1)C(=O)O. The number of rotatable bonds is 9. The molecular formula is C14H17NO6S. The minimum Gasteiger partial charge on any atom is -0.481 e. The lowest BCUT2D eigenvalue weighted by molar-refractivity contribution is -0.139. The minimum atomic E-state index is -1.19. The van der Waals surface area contributed by atoms with E-state index in [0.29, 0.717) is 5.75 Å². The Morgan fingerprint density at radius 1 is 1.18 bits per heavy atom. The highest BCUT2D eigenvalue weighted by atomic mass is 32.2. The van der Waals surface area contributed by atoms with Crippen molar-refractivity contribution in [1.29, 1.82) is 0 Å². The second-order valence-electron chi connectivity index (χ2n) is 4.33. The van der Waals surface area contributed by atoms with E-state index in [1.165, 1.54) is 0 Å². The van der Waals surface area contributed by atoms with Gasteiger partial charge < -0.3 is 20.3 Å². The summed E-state index contributed by atoms with van der Waals surface area (Å²) in [6, 6.07) is 7.89. The molecular weight excluding hydrogens is 310 g/mol. The van der Waals surface area contributed by atoms with Crippen LogP contribution in [0, 0.1) is 0 Å². The van der Waals surface area contributed by atoms with Gasteiger partial charge in [-0.1, -0.05) is 30.3 Å². The first-order valence-corrected chi connectivity index (χ1v) is 7.64. The fourth-order valence-electron chi connectivity index (χ4n) is 1.53. The monoisotopic (exact) mass is 327 g/mol. The number of ether oxygens (including phenoxy) is 1. The van der Waals surface area contributed by atoms with E-state index >= 15 is 0 Å². The van der Waals surface area contributed by atoms with Crippen LogP contribution < -0.4 is 5.32 Å². The molecule has 1 atom stereocenters. The van der Waals surface area contributed by atoms with E-state index in [9.17, 15) is 14.4 Å². The van der Waals surface area contributed by atoms with E-state index in [-0.39, 0.29) is 18.8 Å². The summed E-state index contributed by atoms with van der Waals surface area (Å²) >= 11 is 1.09. The number of hydrogen-bond donors (Lipinski definition) is 3. The van der Waals surface area contributed by atoms with Crippen molar-refractivity contribution in [1.82, 2.24) is 5.32 Å². The molecule has 0 aliphatic carbocycles. The predicted octanol–water partition coefficient (Wildman–Crippen LogP) is 1.57. The van der Waals surface area contributed by atoms with Crippen molar-refractivity contribution in [3.8, 4) is 0 Å². The Bertz CT molecular complexity index is 507. The third-order valence-electron chi connectivity index (χ3n) is 2.58. The molecule has 0 saturated heterocycles. The normalized spacial score (nSPS) is 11.5. The van der Waals surface area contributed by atoms with Crippen molar-refractivity contribution >= 4 is 29.8 Å². The number of carboxylic acids is 2. The van der Waals surface area contributed by atoms with Crippen LogP contribution in [0.2, 0.25) is 0 Å². The molecule has 7 nitrogen and oxygen atoms in total. The van der Waals surface area contributed by atoms with Crippen molar-refractivity contribution in [2.24, 2.45) is 0 Å². The van der Waals surface area contributed by atoms with Gasteiger partial charge in [-0.15, -0.1) is 0 Å². The Kier molecular flexibility index (Phi) is 7.84. The van der Waals surface area contributed by atoms with E-state index in [2.05, 4.69) is 5.32 Å². The number of carbonyl (C=O) groups excluding carboxylic acids is 1. The lowest BCUT2D eigenvalue weighted by atomic mass is 10.2. The topological polar surface area (TPSA) is 113 Å². The van der Waals surface area contributed by atoms with Gasteiger partial charge in [0.1, 0.15) is 12.6 Å². The molecule has 1 aromatic carbocycles. The predicted molar refractivity (Wildman–Crippen MR) is 80.8 cm³/mol. The quantitative estimate of drug-likeness (QED) is 0.590. The Labute approximate surface area is 131 Å². The smallest absolute Gasteiger partial charge is 0.408 e. The first-order valence-electron chi connectivity index (χ1n) is 6.48. The van der Waals surface area contributed by atoms with Gasteiger partial charge in [-0.05, 0) is 17.7 Å². The van der Waals surface area contributed by atoms with Crippen molar-refractivity contribution in [3.63, 3.8) is 0 Å². The zero-order chi connectivity index (χ0) is 16.4. The highest BCUT2D eigenvalue weighted by Crippen LogP contribution is 2.06. The van der Waals surface area contributed by atoms with E-state index in [0.717, 1.165) is 17.3 Å². The summed E-state index contributed by atoms with van der Waals surface area (Å²) in [4.78, 5) is 33.0. The number of benzene rings is 1. The molecule has 1 amide bonds. The van der Waals surface area contributed by atoms with Crippen molar-refractivity contribution in [2.45, 2.75) is 19.1 Å². The van der Waals surface area contributed by atoms with E-state index in [1.54, 1.807) is 24.3 Å². The molecule has 0 aromatic heterocycles. The summed E-state index contributed by atoms with van der Waals surface area (Å²) < 4.78 is 4.94. The van der Waals surface area contributed by atoms with Gasteiger partial charge in [0.2, 0.25) is 0 Å². The third kappa shape index (κ3) is 7.53. The molecule has 22 heavy (non-hydrogen) atoms. The number of aliphatic carboxylic acids is 2. The fraction of sp³-hybridized carbons (Fsp3) is 0.357.